The van der Waals surface area contributed by atoms with E-state index in [9.17, 15) is 4.39 Å². The third kappa shape index (κ3) is 3.66. The normalized spacial score (nSPS) is 16.0. The molecule has 0 saturated heterocycles. The number of likely N-dealkylation sites (N-methyl/N-ethyl adjacent to an activating group) is 1. The van der Waals surface area contributed by atoms with E-state index in [-0.39, 0.29) is 11.9 Å². The molecule has 0 spiro atoms. The first kappa shape index (κ1) is 16.3. The van der Waals surface area contributed by atoms with Gasteiger partial charge >= 0.3 is 0 Å². The number of para-hydroxylation sites is 2. The molecule has 24 heavy (non-hydrogen) atoms. The fourth-order valence-electron chi connectivity index (χ4n) is 2.75. The Balaban J connectivity index is 1.67. The maximum atomic E-state index is 14.0. The molecular formula is C19H19FN2O2. The van der Waals surface area contributed by atoms with Crippen molar-refractivity contribution in [3.63, 3.8) is 0 Å². The summed E-state index contributed by atoms with van der Waals surface area (Å²) in [7, 11) is 0. The zero-order valence-corrected chi connectivity index (χ0v) is 13.5. The number of benzene rings is 2. The summed E-state index contributed by atoms with van der Waals surface area (Å²) >= 11 is 0. The molecule has 0 fully saturated rings. The van der Waals surface area contributed by atoms with Crippen LogP contribution in [0.25, 0.3) is 0 Å². The molecule has 0 N–H and O–H groups in total. The van der Waals surface area contributed by atoms with Crippen LogP contribution >= 0.6 is 0 Å². The Morgan fingerprint density at radius 3 is 2.79 bits per heavy atom. The standard InChI is InChI=1S/C19H19FN2O2/c1-2-22(11-15-9-14(10-21)7-8-17(15)20)12-16-13-23-18-5-3-4-6-19(18)24-16/h3-9,16H,2,11-13H2,1H3. The molecule has 0 aromatic heterocycles. The van der Waals surface area contributed by atoms with E-state index in [1.807, 2.05) is 37.3 Å². The number of nitriles is 1. The molecule has 1 heterocycles. The summed E-state index contributed by atoms with van der Waals surface area (Å²) in [5.41, 5.74) is 0.988. The highest BCUT2D eigenvalue weighted by Crippen LogP contribution is 2.31. The number of rotatable bonds is 5. The molecule has 5 heteroatoms. The van der Waals surface area contributed by atoms with Crippen LogP contribution in [0.15, 0.2) is 42.5 Å². The molecule has 0 radical (unpaired) electrons. The molecule has 2 aromatic rings. The molecule has 1 aliphatic heterocycles. The average molecular weight is 326 g/mol. The second-order valence-corrected chi connectivity index (χ2v) is 5.74. The minimum absolute atomic E-state index is 0.109. The van der Waals surface area contributed by atoms with Crippen molar-refractivity contribution in [1.29, 1.82) is 5.26 Å². The van der Waals surface area contributed by atoms with Gasteiger partial charge in [-0.2, -0.15) is 5.26 Å². The highest BCUT2D eigenvalue weighted by molar-refractivity contribution is 5.40. The molecule has 2 aromatic carbocycles. The van der Waals surface area contributed by atoms with E-state index < -0.39 is 0 Å². The lowest BCUT2D eigenvalue weighted by atomic mass is 10.1. The van der Waals surface area contributed by atoms with E-state index in [4.69, 9.17) is 14.7 Å². The third-order valence-electron chi connectivity index (χ3n) is 4.05. The quantitative estimate of drug-likeness (QED) is 0.845. The van der Waals surface area contributed by atoms with Crippen molar-refractivity contribution < 1.29 is 13.9 Å². The van der Waals surface area contributed by atoms with E-state index in [1.54, 1.807) is 6.07 Å². The highest BCUT2D eigenvalue weighted by atomic mass is 19.1. The van der Waals surface area contributed by atoms with Crippen molar-refractivity contribution in [3.05, 3.63) is 59.4 Å². The Kier molecular flexibility index (Phi) is 4.97. The molecular weight excluding hydrogens is 307 g/mol. The second kappa shape index (κ2) is 7.33. The van der Waals surface area contributed by atoms with E-state index in [1.165, 1.54) is 12.1 Å². The minimum atomic E-state index is -0.293. The molecule has 1 atom stereocenters. The van der Waals surface area contributed by atoms with Gasteiger partial charge in [0.05, 0.1) is 11.6 Å². The number of fused-ring (bicyclic) bond motifs is 1. The minimum Gasteiger partial charge on any atom is -0.486 e. The molecule has 124 valence electrons. The highest BCUT2D eigenvalue weighted by Gasteiger charge is 2.23. The Morgan fingerprint density at radius 2 is 2.04 bits per heavy atom. The second-order valence-electron chi connectivity index (χ2n) is 5.74. The Labute approximate surface area is 141 Å². The molecule has 0 amide bonds. The zero-order valence-electron chi connectivity index (χ0n) is 13.5. The molecule has 1 aliphatic rings. The van der Waals surface area contributed by atoms with Gasteiger partial charge in [-0.1, -0.05) is 19.1 Å². The van der Waals surface area contributed by atoms with Gasteiger partial charge in [0.1, 0.15) is 18.5 Å². The van der Waals surface area contributed by atoms with Crippen molar-refractivity contribution >= 4 is 0 Å². The topological polar surface area (TPSA) is 45.5 Å². The van der Waals surface area contributed by atoms with Gasteiger partial charge in [0.25, 0.3) is 0 Å². The third-order valence-corrected chi connectivity index (χ3v) is 4.05. The number of hydrogen-bond donors (Lipinski definition) is 0. The van der Waals surface area contributed by atoms with E-state index in [0.717, 1.165) is 18.0 Å². The molecule has 4 nitrogen and oxygen atoms in total. The smallest absolute Gasteiger partial charge is 0.161 e. The monoisotopic (exact) mass is 326 g/mol. The van der Waals surface area contributed by atoms with Gasteiger partial charge in [-0.25, -0.2) is 4.39 Å². The fourth-order valence-corrected chi connectivity index (χ4v) is 2.75. The fraction of sp³-hybridized carbons (Fsp3) is 0.316. The van der Waals surface area contributed by atoms with Crippen LogP contribution in [0.1, 0.15) is 18.1 Å². The van der Waals surface area contributed by atoms with Crippen LogP contribution in [-0.4, -0.2) is 30.7 Å². The Bertz CT molecular complexity index is 757. The number of hydrogen-bond acceptors (Lipinski definition) is 4. The lowest BCUT2D eigenvalue weighted by Gasteiger charge is -2.31. The van der Waals surface area contributed by atoms with Crippen LogP contribution in [0.3, 0.4) is 0 Å². The van der Waals surface area contributed by atoms with Gasteiger partial charge in [-0.05, 0) is 36.9 Å². The summed E-state index contributed by atoms with van der Waals surface area (Å²) in [4.78, 5) is 2.08. The average Bonchev–Trinajstić information content (AvgIpc) is 2.62. The van der Waals surface area contributed by atoms with Gasteiger partial charge in [-0.15, -0.1) is 0 Å². The number of halogens is 1. The van der Waals surface area contributed by atoms with Gasteiger partial charge in [0, 0.05) is 18.7 Å². The number of ether oxygens (including phenoxy) is 2. The maximum Gasteiger partial charge on any atom is 0.161 e. The van der Waals surface area contributed by atoms with Crippen LogP contribution in [0, 0.1) is 17.1 Å². The molecule has 0 bridgehead atoms. The summed E-state index contributed by atoms with van der Waals surface area (Å²) in [6.45, 7) is 4.29. The van der Waals surface area contributed by atoms with E-state index >= 15 is 0 Å². The summed E-state index contributed by atoms with van der Waals surface area (Å²) in [5.74, 6) is 1.20. The van der Waals surface area contributed by atoms with Gasteiger partial charge < -0.3 is 9.47 Å². The number of nitrogens with zero attached hydrogens (tertiary/aromatic N) is 2. The lowest BCUT2D eigenvalue weighted by Crippen LogP contribution is -2.40. The van der Waals surface area contributed by atoms with Gasteiger partial charge in [-0.3, -0.25) is 4.90 Å². The van der Waals surface area contributed by atoms with Crippen LogP contribution < -0.4 is 9.47 Å². The zero-order chi connectivity index (χ0) is 16.9. The molecule has 0 saturated carbocycles. The summed E-state index contributed by atoms with van der Waals surface area (Å²) < 4.78 is 25.7. The molecule has 1 unspecified atom stereocenters. The Hall–Kier alpha value is -2.58. The Morgan fingerprint density at radius 1 is 1.25 bits per heavy atom. The van der Waals surface area contributed by atoms with Crippen molar-refractivity contribution in [2.45, 2.75) is 19.6 Å². The molecule has 0 aliphatic carbocycles. The van der Waals surface area contributed by atoms with E-state index in [0.29, 0.717) is 30.8 Å². The maximum absolute atomic E-state index is 14.0. The van der Waals surface area contributed by atoms with Gasteiger partial charge in [0.2, 0.25) is 0 Å². The van der Waals surface area contributed by atoms with Gasteiger partial charge in [0.15, 0.2) is 11.5 Å². The summed E-state index contributed by atoms with van der Waals surface area (Å²) in [5, 5.41) is 8.98. The van der Waals surface area contributed by atoms with E-state index in [2.05, 4.69) is 4.90 Å². The predicted molar refractivity (Wildman–Crippen MR) is 88.4 cm³/mol. The van der Waals surface area contributed by atoms with Crippen molar-refractivity contribution in [2.24, 2.45) is 0 Å². The lowest BCUT2D eigenvalue weighted by molar-refractivity contribution is 0.0577. The van der Waals surface area contributed by atoms with Crippen LogP contribution in [-0.2, 0) is 6.54 Å². The van der Waals surface area contributed by atoms with Crippen LogP contribution in [0.4, 0.5) is 4.39 Å². The summed E-state index contributed by atoms with van der Waals surface area (Å²) in [6, 6.07) is 14.1. The summed E-state index contributed by atoms with van der Waals surface area (Å²) in [6.07, 6.45) is -0.109. The van der Waals surface area contributed by atoms with Crippen molar-refractivity contribution in [3.8, 4) is 17.6 Å². The first-order valence-corrected chi connectivity index (χ1v) is 7.99. The first-order valence-electron chi connectivity index (χ1n) is 7.99. The van der Waals surface area contributed by atoms with Crippen LogP contribution in [0.2, 0.25) is 0 Å². The molecule has 3 rings (SSSR count). The first-order chi connectivity index (χ1) is 11.7. The largest absolute Gasteiger partial charge is 0.486 e. The van der Waals surface area contributed by atoms with Crippen LogP contribution in [0.5, 0.6) is 11.5 Å². The van der Waals surface area contributed by atoms with Crippen molar-refractivity contribution in [1.82, 2.24) is 4.90 Å². The predicted octanol–water partition coefficient (Wildman–Crippen LogP) is 3.36. The SMILES string of the molecule is CCN(Cc1cc(C#N)ccc1F)CC1COc2ccccc2O1. The van der Waals surface area contributed by atoms with Crippen molar-refractivity contribution in [2.75, 3.05) is 19.7 Å².